The van der Waals surface area contributed by atoms with Crippen molar-refractivity contribution in [1.82, 2.24) is 0 Å². The minimum atomic E-state index is -0.338. The number of nitrogen functional groups attached to an aromatic ring is 1. The highest BCUT2D eigenvalue weighted by Crippen LogP contribution is 2.22. The van der Waals surface area contributed by atoms with Crippen molar-refractivity contribution >= 4 is 17.3 Å². The maximum Gasteiger partial charge on any atom is 0.338 e. The molecule has 2 N–H and O–H groups in total. The summed E-state index contributed by atoms with van der Waals surface area (Å²) in [7, 11) is 3.80. The van der Waals surface area contributed by atoms with E-state index in [1.807, 2.05) is 25.1 Å². The Morgan fingerprint density at radius 3 is 2.60 bits per heavy atom. The van der Waals surface area contributed by atoms with Crippen LogP contribution in [0, 0.1) is 0 Å². The molecular formula is C11H16N2O2. The third kappa shape index (κ3) is 2.62. The standard InChI is InChI=1S/C11H16N2O2/c1-4-15-11(14)8-5-6-10(13(2)3)9(12)7-8/h5-7H,4,12H2,1-3H3. The Labute approximate surface area is 89.6 Å². The smallest absolute Gasteiger partial charge is 0.338 e. The lowest BCUT2D eigenvalue weighted by Crippen LogP contribution is -2.12. The van der Waals surface area contributed by atoms with Crippen LogP contribution >= 0.6 is 0 Å². The highest BCUT2D eigenvalue weighted by molar-refractivity contribution is 5.92. The molecule has 0 heterocycles. The zero-order valence-corrected chi connectivity index (χ0v) is 9.28. The molecule has 1 aromatic carbocycles. The zero-order chi connectivity index (χ0) is 11.4. The largest absolute Gasteiger partial charge is 0.462 e. The van der Waals surface area contributed by atoms with Gasteiger partial charge in [0.1, 0.15) is 0 Å². The second-order valence-corrected chi connectivity index (χ2v) is 3.39. The van der Waals surface area contributed by atoms with E-state index in [0.29, 0.717) is 17.9 Å². The second-order valence-electron chi connectivity index (χ2n) is 3.39. The fraction of sp³-hybridized carbons (Fsp3) is 0.364. The number of esters is 1. The molecule has 82 valence electrons. The van der Waals surface area contributed by atoms with Gasteiger partial charge in [0.25, 0.3) is 0 Å². The molecule has 15 heavy (non-hydrogen) atoms. The molecule has 0 saturated carbocycles. The van der Waals surface area contributed by atoms with Crippen LogP contribution < -0.4 is 10.6 Å². The van der Waals surface area contributed by atoms with E-state index in [0.717, 1.165) is 5.69 Å². The Morgan fingerprint density at radius 1 is 1.47 bits per heavy atom. The van der Waals surface area contributed by atoms with Crippen LogP contribution in [0.15, 0.2) is 18.2 Å². The van der Waals surface area contributed by atoms with Gasteiger partial charge in [0, 0.05) is 14.1 Å². The zero-order valence-electron chi connectivity index (χ0n) is 9.28. The van der Waals surface area contributed by atoms with Gasteiger partial charge in [0.05, 0.1) is 23.5 Å². The molecule has 0 radical (unpaired) electrons. The van der Waals surface area contributed by atoms with Crippen molar-refractivity contribution < 1.29 is 9.53 Å². The van der Waals surface area contributed by atoms with Crippen LogP contribution in [0.5, 0.6) is 0 Å². The predicted octanol–water partition coefficient (Wildman–Crippen LogP) is 1.51. The van der Waals surface area contributed by atoms with Gasteiger partial charge in [-0.15, -0.1) is 0 Å². The number of nitrogens with two attached hydrogens (primary N) is 1. The molecule has 4 nitrogen and oxygen atoms in total. The Kier molecular flexibility index (Phi) is 3.55. The van der Waals surface area contributed by atoms with Gasteiger partial charge in [-0.05, 0) is 25.1 Å². The first-order chi connectivity index (χ1) is 7.06. The van der Waals surface area contributed by atoms with Crippen molar-refractivity contribution in [3.05, 3.63) is 23.8 Å². The summed E-state index contributed by atoms with van der Waals surface area (Å²) in [6.45, 7) is 2.14. The van der Waals surface area contributed by atoms with E-state index in [4.69, 9.17) is 10.5 Å². The molecule has 1 rings (SSSR count). The van der Waals surface area contributed by atoms with Crippen molar-refractivity contribution in [2.24, 2.45) is 0 Å². The van der Waals surface area contributed by atoms with Gasteiger partial charge >= 0.3 is 5.97 Å². The van der Waals surface area contributed by atoms with Crippen molar-refractivity contribution in [1.29, 1.82) is 0 Å². The summed E-state index contributed by atoms with van der Waals surface area (Å²) < 4.78 is 4.88. The van der Waals surface area contributed by atoms with Crippen molar-refractivity contribution in [2.75, 3.05) is 31.3 Å². The quantitative estimate of drug-likeness (QED) is 0.604. The summed E-state index contributed by atoms with van der Waals surface area (Å²) in [5, 5.41) is 0. The second kappa shape index (κ2) is 4.68. The van der Waals surface area contributed by atoms with Gasteiger partial charge in [-0.2, -0.15) is 0 Å². The van der Waals surface area contributed by atoms with E-state index in [2.05, 4.69) is 0 Å². The van der Waals surface area contributed by atoms with Crippen LogP contribution in [0.2, 0.25) is 0 Å². The molecule has 0 aliphatic rings. The summed E-state index contributed by atoms with van der Waals surface area (Å²) in [5.41, 5.74) is 7.76. The van der Waals surface area contributed by atoms with Crippen molar-refractivity contribution in [3.8, 4) is 0 Å². The summed E-state index contributed by atoms with van der Waals surface area (Å²) in [6, 6.07) is 5.15. The Bertz CT molecular complexity index is 362. The molecule has 0 fully saturated rings. The van der Waals surface area contributed by atoms with E-state index >= 15 is 0 Å². The molecule has 1 aromatic rings. The lowest BCUT2D eigenvalue weighted by Gasteiger charge is -2.15. The third-order valence-corrected chi connectivity index (χ3v) is 2.02. The minimum absolute atomic E-state index is 0.338. The van der Waals surface area contributed by atoms with E-state index in [-0.39, 0.29) is 5.97 Å². The lowest BCUT2D eigenvalue weighted by atomic mass is 10.1. The van der Waals surface area contributed by atoms with Crippen molar-refractivity contribution in [2.45, 2.75) is 6.92 Å². The van der Waals surface area contributed by atoms with Gasteiger partial charge in [0.2, 0.25) is 0 Å². The number of nitrogens with zero attached hydrogens (tertiary/aromatic N) is 1. The lowest BCUT2D eigenvalue weighted by molar-refractivity contribution is 0.0526. The van der Waals surface area contributed by atoms with Gasteiger partial charge in [-0.1, -0.05) is 0 Å². The number of hydrogen-bond donors (Lipinski definition) is 1. The Morgan fingerprint density at radius 2 is 2.13 bits per heavy atom. The maximum atomic E-state index is 11.4. The fourth-order valence-corrected chi connectivity index (χ4v) is 1.30. The number of hydrogen-bond acceptors (Lipinski definition) is 4. The van der Waals surface area contributed by atoms with Gasteiger partial charge < -0.3 is 15.4 Å². The van der Waals surface area contributed by atoms with E-state index in [1.165, 1.54) is 0 Å². The topological polar surface area (TPSA) is 55.6 Å². The Balaban J connectivity index is 2.96. The van der Waals surface area contributed by atoms with E-state index in [9.17, 15) is 4.79 Å². The molecule has 0 bridgehead atoms. The molecule has 0 aliphatic heterocycles. The van der Waals surface area contributed by atoms with Crippen LogP contribution in [-0.2, 0) is 4.74 Å². The van der Waals surface area contributed by atoms with E-state index in [1.54, 1.807) is 19.1 Å². The molecule has 0 atom stereocenters. The normalized spacial score (nSPS) is 9.80. The summed E-state index contributed by atoms with van der Waals surface area (Å²) >= 11 is 0. The predicted molar refractivity (Wildman–Crippen MR) is 61.1 cm³/mol. The Hall–Kier alpha value is -1.71. The third-order valence-electron chi connectivity index (χ3n) is 2.02. The monoisotopic (exact) mass is 208 g/mol. The van der Waals surface area contributed by atoms with Crippen LogP contribution in [0.1, 0.15) is 17.3 Å². The molecule has 0 amide bonds. The summed E-state index contributed by atoms with van der Waals surface area (Å²) in [4.78, 5) is 13.3. The van der Waals surface area contributed by atoms with Gasteiger partial charge in [-0.25, -0.2) is 4.79 Å². The molecular weight excluding hydrogens is 192 g/mol. The number of benzene rings is 1. The first-order valence-electron chi connectivity index (χ1n) is 4.80. The van der Waals surface area contributed by atoms with Gasteiger partial charge in [0.15, 0.2) is 0 Å². The van der Waals surface area contributed by atoms with Crippen LogP contribution in [0.3, 0.4) is 0 Å². The first-order valence-corrected chi connectivity index (χ1v) is 4.80. The van der Waals surface area contributed by atoms with E-state index < -0.39 is 0 Å². The average Bonchev–Trinajstić information content (AvgIpc) is 2.17. The van der Waals surface area contributed by atoms with Crippen LogP contribution in [-0.4, -0.2) is 26.7 Å². The van der Waals surface area contributed by atoms with Crippen LogP contribution in [0.25, 0.3) is 0 Å². The SMILES string of the molecule is CCOC(=O)c1ccc(N(C)C)c(N)c1. The number of rotatable bonds is 3. The van der Waals surface area contributed by atoms with Gasteiger partial charge in [-0.3, -0.25) is 0 Å². The summed E-state index contributed by atoms with van der Waals surface area (Å²) in [6.07, 6.45) is 0. The van der Waals surface area contributed by atoms with Crippen molar-refractivity contribution in [3.63, 3.8) is 0 Å². The maximum absolute atomic E-state index is 11.4. The summed E-state index contributed by atoms with van der Waals surface area (Å²) in [5.74, 6) is -0.338. The fourth-order valence-electron chi connectivity index (χ4n) is 1.30. The minimum Gasteiger partial charge on any atom is -0.462 e. The molecule has 0 aromatic heterocycles. The number of carbonyl (C=O) groups excluding carboxylic acids is 1. The first kappa shape index (κ1) is 11.4. The number of ether oxygens (including phenoxy) is 1. The average molecular weight is 208 g/mol. The van der Waals surface area contributed by atoms with Crippen LogP contribution in [0.4, 0.5) is 11.4 Å². The molecule has 0 spiro atoms. The molecule has 0 aliphatic carbocycles. The number of anilines is 2. The molecule has 0 saturated heterocycles. The number of carbonyl (C=O) groups is 1. The molecule has 4 heteroatoms. The highest BCUT2D eigenvalue weighted by Gasteiger charge is 2.09. The highest BCUT2D eigenvalue weighted by atomic mass is 16.5. The molecule has 0 unspecified atom stereocenters.